The third-order valence-electron chi connectivity index (χ3n) is 7.85. The maximum Gasteiger partial charge on any atom is 0.416 e. The normalized spacial score (nSPS) is 14.3. The largest absolute Gasteiger partial charge is 0.416 e. The molecular formula is C34H27F3N2O2S. The molecule has 0 radical (unpaired) electrons. The zero-order valence-electron chi connectivity index (χ0n) is 22.6. The topological polar surface area (TPSA) is 50.3 Å². The number of benzene rings is 4. The van der Waals surface area contributed by atoms with Gasteiger partial charge in [0.15, 0.2) is 5.78 Å². The summed E-state index contributed by atoms with van der Waals surface area (Å²) in [4.78, 5) is 33.1. The SMILES string of the molecule is O=C(Cc1cccc2ccccc12)c1csc(C2CCN(C(=O)c3ccccc3-c3ccc(C(F)(F)F)cc3)CC2)n1. The summed E-state index contributed by atoms with van der Waals surface area (Å²) in [5.41, 5.74) is 2.37. The second-order valence-electron chi connectivity index (χ2n) is 10.5. The van der Waals surface area contributed by atoms with Gasteiger partial charge in [-0.2, -0.15) is 13.2 Å². The monoisotopic (exact) mass is 584 g/mol. The molecule has 42 heavy (non-hydrogen) atoms. The Morgan fingerprint density at radius 3 is 2.31 bits per heavy atom. The quantitative estimate of drug-likeness (QED) is 0.188. The van der Waals surface area contributed by atoms with Crippen LogP contribution in [-0.2, 0) is 12.6 Å². The Kier molecular flexibility index (Phi) is 7.64. The molecule has 0 spiro atoms. The summed E-state index contributed by atoms with van der Waals surface area (Å²) < 4.78 is 39.1. The van der Waals surface area contributed by atoms with Crippen molar-refractivity contribution in [3.8, 4) is 11.1 Å². The maximum atomic E-state index is 13.5. The minimum absolute atomic E-state index is 0.0126. The van der Waals surface area contributed by atoms with Crippen LogP contribution in [0.5, 0.6) is 0 Å². The van der Waals surface area contributed by atoms with Crippen molar-refractivity contribution in [2.75, 3.05) is 13.1 Å². The Morgan fingerprint density at radius 1 is 0.857 bits per heavy atom. The molecule has 5 aromatic rings. The molecule has 0 unspecified atom stereocenters. The first-order chi connectivity index (χ1) is 20.3. The second-order valence-corrected chi connectivity index (χ2v) is 11.4. The lowest BCUT2D eigenvalue weighted by molar-refractivity contribution is -0.137. The van der Waals surface area contributed by atoms with Gasteiger partial charge in [-0.15, -0.1) is 11.3 Å². The van der Waals surface area contributed by atoms with Crippen molar-refractivity contribution in [3.63, 3.8) is 0 Å². The predicted molar refractivity (Wildman–Crippen MR) is 159 cm³/mol. The molecule has 4 aromatic carbocycles. The zero-order chi connectivity index (χ0) is 29.3. The van der Waals surface area contributed by atoms with Gasteiger partial charge < -0.3 is 4.90 Å². The summed E-state index contributed by atoms with van der Waals surface area (Å²) in [6.07, 6.45) is -2.69. The zero-order valence-corrected chi connectivity index (χ0v) is 23.4. The first-order valence-electron chi connectivity index (χ1n) is 13.8. The number of likely N-dealkylation sites (tertiary alicyclic amines) is 1. The maximum absolute atomic E-state index is 13.5. The van der Waals surface area contributed by atoms with Gasteiger partial charge in [-0.1, -0.05) is 72.8 Å². The average molecular weight is 585 g/mol. The highest BCUT2D eigenvalue weighted by Gasteiger charge is 2.31. The summed E-state index contributed by atoms with van der Waals surface area (Å²) in [7, 11) is 0. The fourth-order valence-electron chi connectivity index (χ4n) is 5.57. The van der Waals surface area contributed by atoms with Crippen molar-refractivity contribution in [3.05, 3.63) is 124 Å². The number of nitrogens with zero attached hydrogens (tertiary/aromatic N) is 2. The third kappa shape index (κ3) is 5.72. The molecule has 4 nitrogen and oxygen atoms in total. The van der Waals surface area contributed by atoms with E-state index in [4.69, 9.17) is 4.98 Å². The van der Waals surface area contributed by atoms with E-state index in [1.807, 2.05) is 47.8 Å². The van der Waals surface area contributed by atoms with Crippen LogP contribution in [-0.4, -0.2) is 34.7 Å². The molecule has 0 N–H and O–H groups in total. The van der Waals surface area contributed by atoms with E-state index < -0.39 is 11.7 Å². The van der Waals surface area contributed by atoms with E-state index in [0.29, 0.717) is 35.5 Å². The number of ketones is 1. The first kappa shape index (κ1) is 27.8. The number of aromatic nitrogens is 1. The standard InChI is InChI=1S/C34H27F3N2O2S/c35-34(36,37)26-14-12-23(13-15-26)28-10-3-4-11-29(28)33(41)39-18-16-24(17-19-39)32-38-30(21-42-32)31(40)20-25-8-5-7-22-6-1-2-9-27(22)25/h1-15,21,24H,16-20H2. The number of hydrogen-bond donors (Lipinski definition) is 0. The molecule has 1 amide bonds. The summed E-state index contributed by atoms with van der Waals surface area (Å²) in [5.74, 6) is -0.00121. The number of amides is 1. The number of thiazole rings is 1. The highest BCUT2D eigenvalue weighted by atomic mass is 32.1. The lowest BCUT2D eigenvalue weighted by atomic mass is 9.94. The third-order valence-corrected chi connectivity index (χ3v) is 8.86. The van der Waals surface area contributed by atoms with Gasteiger partial charge in [0.05, 0.1) is 10.6 Å². The number of halogens is 3. The molecule has 0 aliphatic carbocycles. The molecule has 2 heterocycles. The summed E-state index contributed by atoms with van der Waals surface area (Å²) in [5, 5.41) is 4.92. The van der Waals surface area contributed by atoms with Gasteiger partial charge in [0.2, 0.25) is 0 Å². The van der Waals surface area contributed by atoms with Crippen LogP contribution in [0.3, 0.4) is 0 Å². The van der Waals surface area contributed by atoms with Crippen LogP contribution in [0.2, 0.25) is 0 Å². The highest BCUT2D eigenvalue weighted by molar-refractivity contribution is 7.09. The molecule has 0 atom stereocenters. The molecule has 1 aromatic heterocycles. The van der Waals surface area contributed by atoms with Crippen molar-refractivity contribution in [2.45, 2.75) is 31.4 Å². The molecular weight excluding hydrogens is 557 g/mol. The van der Waals surface area contributed by atoms with Gasteiger partial charge in [-0.3, -0.25) is 9.59 Å². The Morgan fingerprint density at radius 2 is 1.55 bits per heavy atom. The number of carbonyl (C=O) groups excluding carboxylic acids is 2. The van der Waals surface area contributed by atoms with Gasteiger partial charge >= 0.3 is 6.18 Å². The van der Waals surface area contributed by atoms with Crippen molar-refractivity contribution >= 4 is 33.8 Å². The number of Topliss-reactive ketones (excluding diaryl/α,β-unsaturated/α-hetero) is 1. The van der Waals surface area contributed by atoms with E-state index in [-0.39, 0.29) is 24.0 Å². The lowest BCUT2D eigenvalue weighted by Gasteiger charge is -2.31. The first-order valence-corrected chi connectivity index (χ1v) is 14.7. The number of rotatable bonds is 6. The number of hydrogen-bond acceptors (Lipinski definition) is 4. The second kappa shape index (κ2) is 11.5. The van der Waals surface area contributed by atoms with Crippen molar-refractivity contribution in [1.82, 2.24) is 9.88 Å². The molecule has 8 heteroatoms. The van der Waals surface area contributed by atoms with Crippen molar-refractivity contribution < 1.29 is 22.8 Å². The van der Waals surface area contributed by atoms with Gasteiger partial charge in [0.1, 0.15) is 5.69 Å². The Hall–Kier alpha value is -4.30. The molecule has 1 aliphatic rings. The summed E-state index contributed by atoms with van der Waals surface area (Å²) in [6.45, 7) is 1.06. The van der Waals surface area contributed by atoms with Crippen LogP contribution >= 0.6 is 11.3 Å². The van der Waals surface area contributed by atoms with E-state index >= 15 is 0 Å². The van der Waals surface area contributed by atoms with E-state index in [1.54, 1.807) is 29.2 Å². The fraction of sp³-hybridized carbons (Fsp3) is 0.206. The number of piperidine rings is 1. The number of alkyl halides is 3. The number of fused-ring (bicyclic) bond motifs is 1. The molecule has 1 fully saturated rings. The van der Waals surface area contributed by atoms with Gasteiger partial charge in [-0.25, -0.2) is 4.98 Å². The summed E-state index contributed by atoms with van der Waals surface area (Å²) >= 11 is 1.49. The van der Waals surface area contributed by atoms with E-state index in [0.717, 1.165) is 46.3 Å². The Labute approximate surface area is 245 Å². The highest BCUT2D eigenvalue weighted by Crippen LogP contribution is 2.34. The predicted octanol–water partition coefficient (Wildman–Crippen LogP) is 8.43. The fourth-order valence-corrected chi connectivity index (χ4v) is 6.57. The molecule has 0 bridgehead atoms. The minimum atomic E-state index is -4.42. The van der Waals surface area contributed by atoms with Crippen LogP contribution in [0.4, 0.5) is 13.2 Å². The van der Waals surface area contributed by atoms with Crippen LogP contribution in [0.15, 0.2) is 96.4 Å². The summed E-state index contributed by atoms with van der Waals surface area (Å²) in [6, 6.07) is 25.9. The van der Waals surface area contributed by atoms with E-state index in [1.165, 1.54) is 23.5 Å². The average Bonchev–Trinajstić information content (AvgIpc) is 3.51. The Bertz CT molecular complexity index is 1750. The van der Waals surface area contributed by atoms with Gasteiger partial charge in [-0.05, 0) is 58.5 Å². The molecule has 0 saturated carbocycles. The lowest BCUT2D eigenvalue weighted by Crippen LogP contribution is -2.38. The number of carbonyl (C=O) groups is 2. The minimum Gasteiger partial charge on any atom is -0.339 e. The molecule has 1 aliphatic heterocycles. The van der Waals surface area contributed by atoms with E-state index in [9.17, 15) is 22.8 Å². The smallest absolute Gasteiger partial charge is 0.339 e. The van der Waals surface area contributed by atoms with Crippen LogP contribution in [0.1, 0.15) is 55.7 Å². The molecule has 1 saturated heterocycles. The van der Waals surface area contributed by atoms with Crippen molar-refractivity contribution in [2.24, 2.45) is 0 Å². The molecule has 6 rings (SSSR count). The molecule has 212 valence electrons. The van der Waals surface area contributed by atoms with Crippen LogP contribution in [0.25, 0.3) is 21.9 Å². The van der Waals surface area contributed by atoms with Crippen LogP contribution < -0.4 is 0 Å². The van der Waals surface area contributed by atoms with Gasteiger partial charge in [0.25, 0.3) is 5.91 Å². The van der Waals surface area contributed by atoms with E-state index in [2.05, 4.69) is 0 Å². The van der Waals surface area contributed by atoms with Gasteiger partial charge in [0, 0.05) is 36.4 Å². The van der Waals surface area contributed by atoms with Crippen LogP contribution in [0, 0.1) is 0 Å². The van der Waals surface area contributed by atoms with Crippen molar-refractivity contribution in [1.29, 1.82) is 0 Å². The Balaban J connectivity index is 1.11.